The van der Waals surface area contributed by atoms with Crippen LogP contribution in [0.5, 0.6) is 5.75 Å². The van der Waals surface area contributed by atoms with Crippen LogP contribution in [-0.2, 0) is 11.2 Å². The highest BCUT2D eigenvalue weighted by molar-refractivity contribution is 5.94. The first-order valence-corrected chi connectivity index (χ1v) is 9.49. The van der Waals surface area contributed by atoms with E-state index >= 15 is 0 Å². The second kappa shape index (κ2) is 9.42. The molecule has 144 valence electrons. The predicted octanol–water partition coefficient (Wildman–Crippen LogP) is 3.28. The zero-order valence-corrected chi connectivity index (χ0v) is 16.1. The van der Waals surface area contributed by atoms with E-state index in [-0.39, 0.29) is 5.91 Å². The van der Waals surface area contributed by atoms with Crippen LogP contribution in [-0.4, -0.2) is 45.9 Å². The lowest BCUT2D eigenvalue weighted by atomic mass is 10.1. The van der Waals surface area contributed by atoms with Gasteiger partial charge in [0.05, 0.1) is 13.2 Å². The highest BCUT2D eigenvalue weighted by atomic mass is 16.5. The summed E-state index contributed by atoms with van der Waals surface area (Å²) < 4.78 is 10.8. The number of piperidine rings is 1. The van der Waals surface area contributed by atoms with E-state index < -0.39 is 0 Å². The molecule has 1 fully saturated rings. The van der Waals surface area contributed by atoms with Crippen LogP contribution in [0.1, 0.15) is 28.8 Å². The Balaban J connectivity index is 1.50. The van der Waals surface area contributed by atoms with Gasteiger partial charge in [0, 0.05) is 38.0 Å². The molecule has 0 bridgehead atoms. The molecule has 5 heteroatoms. The van der Waals surface area contributed by atoms with Crippen molar-refractivity contribution in [2.45, 2.75) is 25.4 Å². The molecule has 2 aromatic carbocycles. The topological polar surface area (TPSA) is 50.8 Å². The van der Waals surface area contributed by atoms with Gasteiger partial charge in [-0.05, 0) is 55.2 Å². The third-order valence-corrected chi connectivity index (χ3v) is 5.14. The summed E-state index contributed by atoms with van der Waals surface area (Å²) in [6.45, 7) is 2.55. The normalized spacial score (nSPS) is 14.8. The van der Waals surface area contributed by atoms with E-state index in [0.29, 0.717) is 18.2 Å². The van der Waals surface area contributed by atoms with E-state index in [1.165, 1.54) is 0 Å². The molecule has 0 aliphatic carbocycles. The van der Waals surface area contributed by atoms with E-state index in [4.69, 9.17) is 9.47 Å². The maximum absolute atomic E-state index is 12.4. The molecule has 1 amide bonds. The third kappa shape index (κ3) is 5.01. The average molecular weight is 368 g/mol. The van der Waals surface area contributed by atoms with Crippen molar-refractivity contribution in [3.8, 4) is 5.75 Å². The van der Waals surface area contributed by atoms with Crippen molar-refractivity contribution in [1.29, 1.82) is 0 Å². The average Bonchev–Trinajstić information content (AvgIpc) is 2.74. The molecule has 0 unspecified atom stereocenters. The van der Waals surface area contributed by atoms with Gasteiger partial charge < -0.3 is 19.7 Å². The Morgan fingerprint density at radius 1 is 1.07 bits per heavy atom. The van der Waals surface area contributed by atoms with E-state index in [1.807, 2.05) is 48.5 Å². The molecule has 0 spiro atoms. The molecule has 27 heavy (non-hydrogen) atoms. The lowest BCUT2D eigenvalue weighted by Gasteiger charge is -2.33. The highest BCUT2D eigenvalue weighted by Gasteiger charge is 2.19. The van der Waals surface area contributed by atoms with Crippen molar-refractivity contribution >= 4 is 11.6 Å². The number of benzene rings is 2. The van der Waals surface area contributed by atoms with Crippen LogP contribution >= 0.6 is 0 Å². The highest BCUT2D eigenvalue weighted by Crippen LogP contribution is 2.22. The van der Waals surface area contributed by atoms with Crippen molar-refractivity contribution in [3.63, 3.8) is 0 Å². The molecule has 0 radical (unpaired) electrons. The maximum atomic E-state index is 12.4. The first-order chi connectivity index (χ1) is 13.2. The molecular weight excluding hydrogens is 340 g/mol. The van der Waals surface area contributed by atoms with Gasteiger partial charge in [-0.3, -0.25) is 4.79 Å². The fourth-order valence-electron chi connectivity index (χ4n) is 3.50. The minimum Gasteiger partial charge on any atom is -0.496 e. The number of hydrogen-bond donors (Lipinski definition) is 1. The van der Waals surface area contributed by atoms with Crippen LogP contribution in [0.4, 0.5) is 5.69 Å². The quantitative estimate of drug-likeness (QED) is 0.815. The van der Waals surface area contributed by atoms with Gasteiger partial charge in [-0.1, -0.05) is 18.2 Å². The number of nitrogens with one attached hydrogen (secondary N) is 1. The van der Waals surface area contributed by atoms with Crippen LogP contribution in [0.15, 0.2) is 48.5 Å². The second-order valence-corrected chi connectivity index (χ2v) is 6.79. The Bertz CT molecular complexity index is 737. The van der Waals surface area contributed by atoms with Crippen molar-refractivity contribution in [2.75, 3.05) is 38.8 Å². The zero-order chi connectivity index (χ0) is 19.1. The fourth-order valence-corrected chi connectivity index (χ4v) is 3.50. The first-order valence-electron chi connectivity index (χ1n) is 9.49. The van der Waals surface area contributed by atoms with Gasteiger partial charge in [-0.15, -0.1) is 0 Å². The van der Waals surface area contributed by atoms with E-state index in [1.54, 1.807) is 14.2 Å². The molecule has 0 atom stereocenters. The number of ether oxygens (including phenoxy) is 2. The van der Waals surface area contributed by atoms with Crippen molar-refractivity contribution in [3.05, 3.63) is 59.7 Å². The summed E-state index contributed by atoms with van der Waals surface area (Å²) in [6, 6.07) is 15.7. The van der Waals surface area contributed by atoms with Gasteiger partial charge in [-0.2, -0.15) is 0 Å². The SMILES string of the molecule is COc1ccccc1CCNC(=O)c1ccc(N2CCC(OC)CC2)cc1. The number of methoxy groups -OCH3 is 2. The molecule has 1 aliphatic rings. The van der Waals surface area contributed by atoms with E-state index in [0.717, 1.165) is 49.4 Å². The molecule has 1 saturated heterocycles. The van der Waals surface area contributed by atoms with Gasteiger partial charge in [0.1, 0.15) is 5.75 Å². The fraction of sp³-hybridized carbons (Fsp3) is 0.409. The number of carbonyl (C=O) groups is 1. The van der Waals surface area contributed by atoms with Gasteiger partial charge in [-0.25, -0.2) is 0 Å². The second-order valence-electron chi connectivity index (χ2n) is 6.79. The number of carbonyl (C=O) groups excluding carboxylic acids is 1. The zero-order valence-electron chi connectivity index (χ0n) is 16.1. The smallest absolute Gasteiger partial charge is 0.251 e. The summed E-state index contributed by atoms with van der Waals surface area (Å²) in [5, 5.41) is 2.99. The standard InChI is InChI=1S/C22H28N2O3/c1-26-20-12-15-24(16-13-20)19-9-7-18(8-10-19)22(25)23-14-11-17-5-3-4-6-21(17)27-2/h3-10,20H,11-16H2,1-2H3,(H,23,25). The molecule has 5 nitrogen and oxygen atoms in total. The number of amides is 1. The van der Waals surface area contributed by atoms with Crippen LogP contribution in [0.2, 0.25) is 0 Å². The summed E-state index contributed by atoms with van der Waals surface area (Å²) in [6.07, 6.45) is 3.19. The number of hydrogen-bond acceptors (Lipinski definition) is 4. The van der Waals surface area contributed by atoms with E-state index in [9.17, 15) is 4.79 Å². The van der Waals surface area contributed by atoms with Crippen LogP contribution in [0.3, 0.4) is 0 Å². The summed E-state index contributed by atoms with van der Waals surface area (Å²) in [5.74, 6) is 0.808. The Kier molecular flexibility index (Phi) is 6.71. The van der Waals surface area contributed by atoms with Gasteiger partial charge in [0.25, 0.3) is 5.91 Å². The van der Waals surface area contributed by atoms with Crippen LogP contribution in [0, 0.1) is 0 Å². The largest absolute Gasteiger partial charge is 0.496 e. The third-order valence-electron chi connectivity index (χ3n) is 5.14. The molecule has 0 saturated carbocycles. The minimum atomic E-state index is -0.0467. The summed E-state index contributed by atoms with van der Waals surface area (Å²) >= 11 is 0. The van der Waals surface area contributed by atoms with Gasteiger partial charge in [0.15, 0.2) is 0 Å². The molecule has 0 aromatic heterocycles. The summed E-state index contributed by atoms with van der Waals surface area (Å²) in [7, 11) is 3.44. The van der Waals surface area contributed by atoms with Crippen molar-refractivity contribution < 1.29 is 14.3 Å². The Labute approximate surface area is 161 Å². The van der Waals surface area contributed by atoms with Crippen LogP contribution < -0.4 is 15.0 Å². The minimum absolute atomic E-state index is 0.0467. The number of para-hydroxylation sites is 1. The maximum Gasteiger partial charge on any atom is 0.251 e. The number of rotatable bonds is 7. The predicted molar refractivity (Wildman–Crippen MR) is 108 cm³/mol. The van der Waals surface area contributed by atoms with E-state index in [2.05, 4.69) is 10.2 Å². The molecule has 1 N–H and O–H groups in total. The Hall–Kier alpha value is -2.53. The number of anilines is 1. The lowest BCUT2D eigenvalue weighted by molar-refractivity contribution is 0.0819. The van der Waals surface area contributed by atoms with Crippen molar-refractivity contribution in [1.82, 2.24) is 5.32 Å². The first kappa shape index (κ1) is 19.2. The van der Waals surface area contributed by atoms with Crippen LogP contribution in [0.25, 0.3) is 0 Å². The van der Waals surface area contributed by atoms with Crippen molar-refractivity contribution in [2.24, 2.45) is 0 Å². The van der Waals surface area contributed by atoms with Gasteiger partial charge >= 0.3 is 0 Å². The molecular formula is C22H28N2O3. The van der Waals surface area contributed by atoms with Gasteiger partial charge in [0.2, 0.25) is 0 Å². The lowest BCUT2D eigenvalue weighted by Crippen LogP contribution is -2.36. The molecule has 1 heterocycles. The number of nitrogens with zero attached hydrogens (tertiary/aromatic N) is 1. The monoisotopic (exact) mass is 368 g/mol. The summed E-state index contributed by atoms with van der Waals surface area (Å²) in [4.78, 5) is 14.7. The Morgan fingerprint density at radius 2 is 1.78 bits per heavy atom. The molecule has 1 aliphatic heterocycles. The summed E-state index contributed by atoms with van der Waals surface area (Å²) in [5.41, 5.74) is 2.94. The molecule has 2 aromatic rings. The molecule has 3 rings (SSSR count). The Morgan fingerprint density at radius 3 is 2.44 bits per heavy atom.